The second kappa shape index (κ2) is 7.41. The van der Waals surface area contributed by atoms with Crippen LogP contribution in [0.15, 0.2) is 24.3 Å². The van der Waals surface area contributed by atoms with E-state index in [4.69, 9.17) is 14.7 Å². The molecule has 6 heteroatoms. The van der Waals surface area contributed by atoms with Crippen LogP contribution in [0.5, 0.6) is 0 Å². The van der Waals surface area contributed by atoms with Gasteiger partial charge in [0.2, 0.25) is 0 Å². The van der Waals surface area contributed by atoms with E-state index in [1.807, 2.05) is 6.07 Å². The first-order valence-corrected chi connectivity index (χ1v) is 6.74. The van der Waals surface area contributed by atoms with E-state index in [9.17, 15) is 9.59 Å². The molecule has 0 spiro atoms. The zero-order chi connectivity index (χ0) is 15.1. The van der Waals surface area contributed by atoms with Crippen molar-refractivity contribution in [1.29, 1.82) is 5.26 Å². The highest BCUT2D eigenvalue weighted by Crippen LogP contribution is 2.10. The number of esters is 1. The first-order chi connectivity index (χ1) is 10.2. The maximum atomic E-state index is 11.7. The third-order valence-electron chi connectivity index (χ3n) is 3.13. The average molecular weight is 288 g/mol. The summed E-state index contributed by atoms with van der Waals surface area (Å²) < 4.78 is 10.3. The van der Waals surface area contributed by atoms with Gasteiger partial charge in [-0.15, -0.1) is 0 Å². The number of nitrogens with zero attached hydrogens (tertiary/aromatic N) is 1. The number of hydrogen-bond donors (Lipinski definition) is 1. The van der Waals surface area contributed by atoms with Gasteiger partial charge in [0.05, 0.1) is 23.3 Å². The molecule has 1 atom stereocenters. The van der Waals surface area contributed by atoms with Gasteiger partial charge in [0.25, 0.3) is 5.91 Å². The molecule has 21 heavy (non-hydrogen) atoms. The van der Waals surface area contributed by atoms with Crippen LogP contribution in [-0.4, -0.2) is 37.7 Å². The lowest BCUT2D eigenvalue weighted by molar-refractivity contribution is -0.124. The Labute approximate surface area is 122 Å². The number of hydrogen-bond acceptors (Lipinski definition) is 5. The molecule has 2 rings (SSSR count). The molecule has 0 unspecified atom stereocenters. The topological polar surface area (TPSA) is 88.4 Å². The van der Waals surface area contributed by atoms with E-state index in [1.54, 1.807) is 0 Å². The number of carbonyl (C=O) groups is 2. The van der Waals surface area contributed by atoms with E-state index in [-0.39, 0.29) is 18.6 Å². The number of carbonyl (C=O) groups excluding carboxylic acids is 2. The smallest absolute Gasteiger partial charge is 0.338 e. The lowest BCUT2D eigenvalue weighted by atomic mass is 10.1. The number of rotatable bonds is 5. The molecule has 1 N–H and O–H groups in total. The number of nitrogens with one attached hydrogen (secondary N) is 1. The second-order valence-electron chi connectivity index (χ2n) is 4.70. The maximum Gasteiger partial charge on any atom is 0.338 e. The first-order valence-electron chi connectivity index (χ1n) is 6.74. The van der Waals surface area contributed by atoms with Crippen LogP contribution in [0.1, 0.15) is 28.8 Å². The van der Waals surface area contributed by atoms with Crippen LogP contribution in [0, 0.1) is 11.3 Å². The third-order valence-corrected chi connectivity index (χ3v) is 3.13. The highest BCUT2D eigenvalue weighted by atomic mass is 16.5. The van der Waals surface area contributed by atoms with Crippen LogP contribution in [0.3, 0.4) is 0 Å². The first kappa shape index (κ1) is 15.0. The quantitative estimate of drug-likeness (QED) is 0.817. The fourth-order valence-corrected chi connectivity index (χ4v) is 1.98. The highest BCUT2D eigenvalue weighted by molar-refractivity contribution is 5.91. The van der Waals surface area contributed by atoms with Crippen LogP contribution in [-0.2, 0) is 14.3 Å². The number of ether oxygens (including phenoxy) is 2. The number of nitriles is 1. The van der Waals surface area contributed by atoms with Crippen LogP contribution < -0.4 is 5.32 Å². The Kier molecular flexibility index (Phi) is 5.29. The molecular formula is C15H16N2O4. The predicted molar refractivity (Wildman–Crippen MR) is 73.4 cm³/mol. The van der Waals surface area contributed by atoms with Crippen molar-refractivity contribution in [3.63, 3.8) is 0 Å². The molecule has 0 radical (unpaired) electrons. The SMILES string of the molecule is N#Cc1ccc(C(=O)OCC(=O)NC[C@H]2CCCO2)cc1. The van der Waals surface area contributed by atoms with Gasteiger partial charge in [-0.25, -0.2) is 4.79 Å². The summed E-state index contributed by atoms with van der Waals surface area (Å²) in [5.74, 6) is -0.945. The molecule has 1 aromatic rings. The lowest BCUT2D eigenvalue weighted by Crippen LogP contribution is -2.34. The van der Waals surface area contributed by atoms with Gasteiger partial charge in [-0.1, -0.05) is 0 Å². The van der Waals surface area contributed by atoms with E-state index >= 15 is 0 Å². The van der Waals surface area contributed by atoms with Crippen molar-refractivity contribution in [3.8, 4) is 6.07 Å². The summed E-state index contributed by atoms with van der Waals surface area (Å²) in [4.78, 5) is 23.2. The highest BCUT2D eigenvalue weighted by Gasteiger charge is 2.16. The Morgan fingerprint density at radius 3 is 2.76 bits per heavy atom. The number of benzene rings is 1. The fourth-order valence-electron chi connectivity index (χ4n) is 1.98. The third kappa shape index (κ3) is 4.58. The molecule has 0 bridgehead atoms. The molecule has 6 nitrogen and oxygen atoms in total. The molecule has 0 aromatic heterocycles. The van der Waals surface area contributed by atoms with E-state index in [2.05, 4.69) is 5.32 Å². The van der Waals surface area contributed by atoms with E-state index in [0.29, 0.717) is 17.7 Å². The minimum atomic E-state index is -0.591. The van der Waals surface area contributed by atoms with Gasteiger partial charge < -0.3 is 14.8 Å². The standard InChI is InChI=1S/C15H16N2O4/c16-8-11-3-5-12(6-4-11)15(19)21-10-14(18)17-9-13-2-1-7-20-13/h3-6,13H,1-2,7,9-10H2,(H,17,18)/t13-/m1/s1. The Bertz CT molecular complexity index is 542. The summed E-state index contributed by atoms with van der Waals surface area (Å²) in [6.07, 6.45) is 2.00. The van der Waals surface area contributed by atoms with Crippen molar-refractivity contribution >= 4 is 11.9 Å². The Hall–Kier alpha value is -2.39. The molecule has 1 aromatic carbocycles. The summed E-state index contributed by atoms with van der Waals surface area (Å²) in [5.41, 5.74) is 0.766. The second-order valence-corrected chi connectivity index (χ2v) is 4.70. The summed E-state index contributed by atoms with van der Waals surface area (Å²) in [6.45, 7) is 0.840. The zero-order valence-electron chi connectivity index (χ0n) is 11.5. The van der Waals surface area contributed by atoms with E-state index < -0.39 is 5.97 Å². The molecule has 0 aliphatic carbocycles. The van der Waals surface area contributed by atoms with Crippen LogP contribution in [0.4, 0.5) is 0 Å². The van der Waals surface area contributed by atoms with Gasteiger partial charge in [0, 0.05) is 13.2 Å². The van der Waals surface area contributed by atoms with E-state index in [0.717, 1.165) is 19.4 Å². The normalized spacial score (nSPS) is 17.0. The van der Waals surface area contributed by atoms with Gasteiger partial charge in [-0.2, -0.15) is 5.26 Å². The summed E-state index contributed by atoms with van der Waals surface area (Å²) in [6, 6.07) is 7.98. The summed E-state index contributed by atoms with van der Waals surface area (Å²) in [7, 11) is 0. The monoisotopic (exact) mass is 288 g/mol. The molecular weight excluding hydrogens is 272 g/mol. The Morgan fingerprint density at radius 2 is 2.14 bits per heavy atom. The van der Waals surface area contributed by atoms with Gasteiger partial charge in [-0.05, 0) is 37.1 Å². The summed E-state index contributed by atoms with van der Waals surface area (Å²) >= 11 is 0. The molecule has 1 saturated heterocycles. The van der Waals surface area contributed by atoms with Crippen molar-refractivity contribution in [2.45, 2.75) is 18.9 Å². The maximum absolute atomic E-state index is 11.7. The molecule has 1 aliphatic heterocycles. The Morgan fingerprint density at radius 1 is 1.38 bits per heavy atom. The minimum absolute atomic E-state index is 0.0585. The Balaban J connectivity index is 1.72. The van der Waals surface area contributed by atoms with Gasteiger partial charge >= 0.3 is 5.97 Å². The average Bonchev–Trinajstić information content (AvgIpc) is 3.04. The van der Waals surface area contributed by atoms with Crippen LogP contribution in [0.25, 0.3) is 0 Å². The predicted octanol–water partition coefficient (Wildman–Crippen LogP) is 1.01. The lowest BCUT2D eigenvalue weighted by Gasteiger charge is -2.10. The molecule has 1 fully saturated rings. The molecule has 1 aliphatic rings. The van der Waals surface area contributed by atoms with Gasteiger partial charge in [0.15, 0.2) is 6.61 Å². The number of amides is 1. The minimum Gasteiger partial charge on any atom is -0.452 e. The largest absolute Gasteiger partial charge is 0.452 e. The van der Waals surface area contributed by atoms with Crippen molar-refractivity contribution in [3.05, 3.63) is 35.4 Å². The summed E-state index contributed by atoms with van der Waals surface area (Å²) in [5, 5.41) is 11.3. The van der Waals surface area contributed by atoms with Crippen LogP contribution >= 0.6 is 0 Å². The van der Waals surface area contributed by atoms with Crippen molar-refractivity contribution in [1.82, 2.24) is 5.32 Å². The van der Waals surface area contributed by atoms with Crippen LogP contribution in [0.2, 0.25) is 0 Å². The molecule has 110 valence electrons. The van der Waals surface area contributed by atoms with E-state index in [1.165, 1.54) is 24.3 Å². The van der Waals surface area contributed by atoms with Gasteiger partial charge in [0.1, 0.15) is 0 Å². The zero-order valence-corrected chi connectivity index (χ0v) is 11.5. The fraction of sp³-hybridized carbons (Fsp3) is 0.400. The molecule has 0 saturated carbocycles. The molecule has 1 amide bonds. The van der Waals surface area contributed by atoms with Crippen molar-refractivity contribution < 1.29 is 19.1 Å². The van der Waals surface area contributed by atoms with Gasteiger partial charge in [-0.3, -0.25) is 4.79 Å². The van der Waals surface area contributed by atoms with Crippen molar-refractivity contribution in [2.75, 3.05) is 19.8 Å². The molecule has 1 heterocycles. The van der Waals surface area contributed by atoms with Crippen molar-refractivity contribution in [2.24, 2.45) is 0 Å².